The Hall–Kier alpha value is -5.83. The van der Waals surface area contributed by atoms with Crippen molar-refractivity contribution >= 4 is 28.7 Å². The zero-order valence-electron chi connectivity index (χ0n) is 25.9. The first-order valence-corrected chi connectivity index (χ1v) is 15.8. The highest BCUT2D eigenvalue weighted by atomic mass is 19.1. The van der Waals surface area contributed by atoms with Crippen molar-refractivity contribution in [3.8, 4) is 11.1 Å². The summed E-state index contributed by atoms with van der Waals surface area (Å²) in [5.74, 6) is -2.07. The molecule has 1 aliphatic heterocycles. The minimum atomic E-state index is -1.06. The molecule has 6 aromatic rings. The number of amides is 2. The van der Waals surface area contributed by atoms with Crippen LogP contribution in [-0.4, -0.2) is 44.9 Å². The van der Waals surface area contributed by atoms with E-state index in [-0.39, 0.29) is 23.8 Å². The summed E-state index contributed by atoms with van der Waals surface area (Å²) in [6.07, 6.45) is 0.0289. The average molecular weight is 643 g/mol. The Morgan fingerprint density at radius 1 is 0.792 bits per heavy atom. The Morgan fingerprint density at radius 2 is 1.40 bits per heavy atom. The van der Waals surface area contributed by atoms with Gasteiger partial charge in [0.15, 0.2) is 5.82 Å². The third-order valence-electron chi connectivity index (χ3n) is 9.12. The van der Waals surface area contributed by atoms with E-state index in [9.17, 15) is 19.1 Å². The van der Waals surface area contributed by atoms with Crippen LogP contribution in [0.25, 0.3) is 22.0 Å². The first kappa shape index (κ1) is 30.8. The van der Waals surface area contributed by atoms with E-state index in [4.69, 9.17) is 5.10 Å². The van der Waals surface area contributed by atoms with Crippen LogP contribution in [-0.2, 0) is 10.3 Å². The first-order chi connectivity index (χ1) is 23.4. The largest absolute Gasteiger partial charge is 0.465 e. The van der Waals surface area contributed by atoms with E-state index in [1.807, 2.05) is 102 Å². The monoisotopic (exact) mass is 642 g/mol. The molecule has 1 aromatic heterocycles. The zero-order chi connectivity index (χ0) is 33.3. The number of aromatic nitrogens is 2. The van der Waals surface area contributed by atoms with E-state index in [0.29, 0.717) is 35.9 Å². The highest BCUT2D eigenvalue weighted by Gasteiger charge is 2.41. The van der Waals surface area contributed by atoms with E-state index in [1.165, 1.54) is 17.0 Å². The highest BCUT2D eigenvalue weighted by molar-refractivity contribution is 6.02. The zero-order valence-corrected chi connectivity index (χ0v) is 25.9. The van der Waals surface area contributed by atoms with Gasteiger partial charge in [-0.15, -0.1) is 0 Å². The van der Waals surface area contributed by atoms with Crippen molar-refractivity contribution in [1.82, 2.24) is 14.7 Å². The maximum absolute atomic E-state index is 15.1. The average Bonchev–Trinajstić information content (AvgIpc) is 3.47. The van der Waals surface area contributed by atoms with Crippen molar-refractivity contribution < 1.29 is 23.5 Å². The van der Waals surface area contributed by atoms with Crippen LogP contribution in [0.3, 0.4) is 0 Å². The Bertz CT molecular complexity index is 2010. The third-order valence-corrected chi connectivity index (χ3v) is 9.12. The Morgan fingerprint density at radius 3 is 1.96 bits per heavy atom. The van der Waals surface area contributed by atoms with Gasteiger partial charge in [-0.05, 0) is 59.4 Å². The smallest absolute Gasteiger partial charge is 0.407 e. The molecule has 2 amide bonds. The van der Waals surface area contributed by atoms with E-state index in [2.05, 4.69) is 5.32 Å². The fourth-order valence-electron chi connectivity index (χ4n) is 6.85. The van der Waals surface area contributed by atoms with Gasteiger partial charge in [0, 0.05) is 30.1 Å². The molecule has 0 unspecified atom stereocenters. The van der Waals surface area contributed by atoms with Gasteiger partial charge in [-0.25, -0.2) is 18.3 Å². The van der Waals surface area contributed by atoms with Crippen LogP contribution in [0.2, 0.25) is 0 Å². The van der Waals surface area contributed by atoms with Crippen molar-refractivity contribution in [2.24, 2.45) is 5.92 Å². The van der Waals surface area contributed by atoms with Crippen molar-refractivity contribution in [1.29, 1.82) is 0 Å². The summed E-state index contributed by atoms with van der Waals surface area (Å²) in [6.45, 7) is 0.449. The maximum Gasteiger partial charge on any atom is 0.407 e. The number of benzene rings is 5. The van der Waals surface area contributed by atoms with Gasteiger partial charge < -0.3 is 15.3 Å². The number of nitrogens with one attached hydrogen (secondary N) is 1. The molecule has 5 aromatic carbocycles. The van der Waals surface area contributed by atoms with Crippen molar-refractivity contribution in [2.45, 2.75) is 18.4 Å². The minimum absolute atomic E-state index is 0.0772. The first-order valence-electron chi connectivity index (χ1n) is 15.8. The molecule has 1 fully saturated rings. The summed E-state index contributed by atoms with van der Waals surface area (Å²) in [5, 5.41) is 18.3. The molecular formula is C39H32F2N4O3. The lowest BCUT2D eigenvalue weighted by Crippen LogP contribution is -2.43. The molecule has 9 heteroatoms. The van der Waals surface area contributed by atoms with Gasteiger partial charge in [0.2, 0.25) is 5.91 Å². The number of halogens is 2. The van der Waals surface area contributed by atoms with E-state index in [0.717, 1.165) is 22.8 Å². The molecule has 240 valence electrons. The molecule has 0 spiro atoms. The Balaban J connectivity index is 1.48. The lowest BCUT2D eigenvalue weighted by atomic mass is 9.77. The van der Waals surface area contributed by atoms with Gasteiger partial charge in [-0.2, -0.15) is 5.10 Å². The van der Waals surface area contributed by atoms with Crippen molar-refractivity contribution in [2.75, 3.05) is 18.4 Å². The van der Waals surface area contributed by atoms with Crippen LogP contribution in [0, 0.1) is 17.6 Å². The Labute approximate surface area is 276 Å². The van der Waals surface area contributed by atoms with Crippen molar-refractivity contribution in [3.63, 3.8) is 0 Å². The quantitative estimate of drug-likeness (QED) is 0.172. The van der Waals surface area contributed by atoms with Gasteiger partial charge in [-0.3, -0.25) is 4.79 Å². The number of nitrogens with zero attached hydrogens (tertiary/aromatic N) is 3. The van der Waals surface area contributed by atoms with E-state index in [1.54, 1.807) is 12.1 Å². The number of carbonyl (C=O) groups is 2. The van der Waals surface area contributed by atoms with Crippen LogP contribution >= 0.6 is 0 Å². The number of likely N-dealkylation sites (tertiary alicyclic amines) is 1. The number of hydrogen-bond acceptors (Lipinski definition) is 3. The maximum atomic E-state index is 15.1. The van der Waals surface area contributed by atoms with E-state index < -0.39 is 29.2 Å². The predicted molar refractivity (Wildman–Crippen MR) is 181 cm³/mol. The highest BCUT2D eigenvalue weighted by Crippen LogP contribution is 2.44. The standard InChI is InChI=1S/C39H32F2N4O3/c40-31-19-20-32(34(41)24-31)26-18-21-35-33(23-26)36(42-37(46)27-11-10-22-44(25-27)38(47)48)43-45(35)39(28-12-4-1-5-13-28,29-14-6-2-7-15-29)30-16-8-3-9-17-30/h1-9,12-21,23-24,27H,10-11,22,25H2,(H,47,48)(H,42,43,46)/t27-/m1/s1. The molecule has 0 saturated carbocycles. The molecule has 1 atom stereocenters. The third kappa shape index (κ3) is 5.47. The molecule has 7 rings (SSSR count). The predicted octanol–water partition coefficient (Wildman–Crippen LogP) is 8.15. The molecule has 7 nitrogen and oxygen atoms in total. The fraction of sp³-hybridized carbons (Fsp3) is 0.154. The number of fused-ring (bicyclic) bond motifs is 1. The SMILES string of the molecule is O=C(Nc1nn(C(c2ccccc2)(c2ccccc2)c2ccccc2)c2ccc(-c3ccc(F)cc3F)cc12)[C@@H]1CCCN(C(=O)O)C1. The summed E-state index contributed by atoms with van der Waals surface area (Å²) in [5.41, 5.74) is 3.08. The van der Waals surface area contributed by atoms with Crippen LogP contribution in [0.5, 0.6) is 0 Å². The molecule has 0 aliphatic carbocycles. The minimum Gasteiger partial charge on any atom is -0.465 e. The Kier molecular flexibility index (Phi) is 8.19. The van der Waals surface area contributed by atoms with Crippen LogP contribution < -0.4 is 5.32 Å². The second-order valence-corrected chi connectivity index (χ2v) is 12.0. The molecule has 48 heavy (non-hydrogen) atoms. The van der Waals surface area contributed by atoms with Gasteiger partial charge >= 0.3 is 6.09 Å². The van der Waals surface area contributed by atoms with Gasteiger partial charge in [0.25, 0.3) is 0 Å². The number of rotatable bonds is 7. The molecule has 2 heterocycles. The second-order valence-electron chi connectivity index (χ2n) is 12.0. The summed E-state index contributed by atoms with van der Waals surface area (Å²) >= 11 is 0. The number of carboxylic acid groups (broad SMARTS) is 1. The van der Waals surface area contributed by atoms with Crippen LogP contribution in [0.15, 0.2) is 127 Å². The summed E-state index contributed by atoms with van der Waals surface area (Å²) in [4.78, 5) is 26.8. The molecular weight excluding hydrogens is 610 g/mol. The molecule has 1 aliphatic rings. The number of anilines is 1. The summed E-state index contributed by atoms with van der Waals surface area (Å²) < 4.78 is 30.8. The number of carbonyl (C=O) groups excluding carboxylic acids is 1. The summed E-state index contributed by atoms with van der Waals surface area (Å²) in [6, 6.07) is 38.7. The topological polar surface area (TPSA) is 87.5 Å². The lowest BCUT2D eigenvalue weighted by molar-refractivity contribution is -0.121. The van der Waals surface area contributed by atoms with Crippen LogP contribution in [0.4, 0.5) is 19.4 Å². The van der Waals surface area contributed by atoms with Crippen LogP contribution in [0.1, 0.15) is 29.5 Å². The second kappa shape index (κ2) is 12.8. The fourth-order valence-corrected chi connectivity index (χ4v) is 6.85. The summed E-state index contributed by atoms with van der Waals surface area (Å²) in [7, 11) is 0. The molecule has 0 bridgehead atoms. The number of hydrogen-bond donors (Lipinski definition) is 2. The number of piperidine rings is 1. The van der Waals surface area contributed by atoms with Gasteiger partial charge in [-0.1, -0.05) is 97.1 Å². The molecule has 2 N–H and O–H groups in total. The van der Waals surface area contributed by atoms with Gasteiger partial charge in [0.05, 0.1) is 11.4 Å². The molecule has 0 radical (unpaired) electrons. The van der Waals surface area contributed by atoms with Crippen molar-refractivity contribution in [3.05, 3.63) is 156 Å². The normalized spacial score (nSPS) is 15.0. The van der Waals surface area contributed by atoms with E-state index >= 15 is 4.39 Å². The molecule has 1 saturated heterocycles. The van der Waals surface area contributed by atoms with Gasteiger partial charge in [0.1, 0.15) is 17.2 Å². The lowest BCUT2D eigenvalue weighted by Gasteiger charge is -2.37.